The fourth-order valence-electron chi connectivity index (χ4n) is 3.87. The van der Waals surface area contributed by atoms with Crippen LogP contribution in [0.25, 0.3) is 0 Å². The van der Waals surface area contributed by atoms with Gasteiger partial charge in [-0.25, -0.2) is 0 Å². The largest absolute Gasteiger partial charge is 0.454 e. The minimum absolute atomic E-state index is 0.284. The molecule has 7 nitrogen and oxygen atoms in total. The van der Waals surface area contributed by atoms with Gasteiger partial charge in [0, 0.05) is 58.9 Å². The number of morpholine rings is 1. The van der Waals surface area contributed by atoms with E-state index in [1.165, 1.54) is 5.56 Å². The van der Waals surface area contributed by atoms with E-state index in [2.05, 4.69) is 26.8 Å². The molecule has 3 aliphatic rings. The maximum Gasteiger partial charge on any atom is 0.231 e. The summed E-state index contributed by atoms with van der Waals surface area (Å²) in [6.45, 7) is 10.3. The Bertz CT molecular complexity index is 586. The smallest absolute Gasteiger partial charge is 0.231 e. The first-order valence-corrected chi connectivity index (χ1v) is 9.58. The Morgan fingerprint density at radius 1 is 0.846 bits per heavy atom. The molecule has 0 aromatic heterocycles. The minimum atomic E-state index is -0.284. The quantitative estimate of drug-likeness (QED) is 0.776. The van der Waals surface area contributed by atoms with Crippen LogP contribution in [0.4, 0.5) is 0 Å². The van der Waals surface area contributed by atoms with Crippen molar-refractivity contribution in [1.29, 1.82) is 0 Å². The second-order valence-electron chi connectivity index (χ2n) is 7.33. The van der Waals surface area contributed by atoms with E-state index in [1.807, 2.05) is 6.07 Å². The van der Waals surface area contributed by atoms with Crippen LogP contribution in [0.15, 0.2) is 18.2 Å². The van der Waals surface area contributed by atoms with E-state index in [1.54, 1.807) is 0 Å². The van der Waals surface area contributed by atoms with Gasteiger partial charge in [-0.3, -0.25) is 14.7 Å². The Morgan fingerprint density at radius 2 is 1.50 bits per heavy atom. The molecule has 0 radical (unpaired) electrons. The lowest BCUT2D eigenvalue weighted by molar-refractivity contribution is 0.00217. The molecule has 0 saturated carbocycles. The van der Waals surface area contributed by atoms with Crippen LogP contribution in [0.3, 0.4) is 0 Å². The van der Waals surface area contributed by atoms with Crippen LogP contribution >= 0.6 is 0 Å². The van der Waals surface area contributed by atoms with Crippen LogP contribution in [0, 0.1) is 0 Å². The molecule has 3 heterocycles. The van der Waals surface area contributed by atoms with Crippen molar-refractivity contribution in [1.82, 2.24) is 14.7 Å². The summed E-state index contributed by atoms with van der Waals surface area (Å²) in [6.07, 6.45) is -0.284. The number of fused-ring (bicyclic) bond motifs is 1. The highest BCUT2D eigenvalue weighted by molar-refractivity contribution is 5.44. The first-order valence-electron chi connectivity index (χ1n) is 9.58. The van der Waals surface area contributed by atoms with Crippen LogP contribution in [-0.2, 0) is 11.3 Å². The number of aliphatic hydroxyl groups is 1. The molecule has 1 aromatic carbocycles. The van der Waals surface area contributed by atoms with Crippen LogP contribution < -0.4 is 9.47 Å². The van der Waals surface area contributed by atoms with E-state index in [9.17, 15) is 5.11 Å². The van der Waals surface area contributed by atoms with Crippen molar-refractivity contribution in [3.63, 3.8) is 0 Å². The number of hydrogen-bond donors (Lipinski definition) is 1. The van der Waals surface area contributed by atoms with Gasteiger partial charge in [-0.2, -0.15) is 0 Å². The predicted molar refractivity (Wildman–Crippen MR) is 97.5 cm³/mol. The highest BCUT2D eigenvalue weighted by Gasteiger charge is 2.22. The summed E-state index contributed by atoms with van der Waals surface area (Å²) in [5, 5.41) is 10.4. The number of benzene rings is 1. The van der Waals surface area contributed by atoms with Crippen molar-refractivity contribution < 1.29 is 19.3 Å². The fourth-order valence-corrected chi connectivity index (χ4v) is 3.87. The highest BCUT2D eigenvalue weighted by atomic mass is 16.7. The summed E-state index contributed by atoms with van der Waals surface area (Å²) in [4.78, 5) is 7.13. The summed E-state index contributed by atoms with van der Waals surface area (Å²) in [6, 6.07) is 6.20. The molecule has 1 aromatic rings. The summed E-state index contributed by atoms with van der Waals surface area (Å²) in [5.74, 6) is 1.69. The van der Waals surface area contributed by atoms with Crippen LogP contribution in [-0.4, -0.2) is 98.3 Å². The first kappa shape index (κ1) is 18.0. The van der Waals surface area contributed by atoms with Gasteiger partial charge in [-0.05, 0) is 17.7 Å². The Balaban J connectivity index is 1.19. The van der Waals surface area contributed by atoms with Crippen molar-refractivity contribution in [2.45, 2.75) is 12.6 Å². The highest BCUT2D eigenvalue weighted by Crippen LogP contribution is 2.32. The fraction of sp³-hybridized carbons (Fsp3) is 0.684. The molecule has 0 spiro atoms. The summed E-state index contributed by atoms with van der Waals surface area (Å²) >= 11 is 0. The maximum absolute atomic E-state index is 10.4. The molecule has 7 heteroatoms. The second-order valence-corrected chi connectivity index (χ2v) is 7.33. The maximum atomic E-state index is 10.4. The number of aliphatic hydroxyl groups excluding tert-OH is 1. The summed E-state index contributed by atoms with van der Waals surface area (Å²) in [5.41, 5.74) is 1.26. The Morgan fingerprint density at radius 3 is 2.27 bits per heavy atom. The van der Waals surface area contributed by atoms with Crippen molar-refractivity contribution in [2.75, 3.05) is 72.4 Å². The zero-order valence-electron chi connectivity index (χ0n) is 15.3. The number of piperazine rings is 1. The van der Waals surface area contributed by atoms with Gasteiger partial charge in [0.25, 0.3) is 0 Å². The van der Waals surface area contributed by atoms with E-state index in [0.717, 1.165) is 83.6 Å². The van der Waals surface area contributed by atoms with Crippen LogP contribution in [0.5, 0.6) is 11.5 Å². The van der Waals surface area contributed by atoms with Gasteiger partial charge in [0.1, 0.15) is 0 Å². The summed E-state index contributed by atoms with van der Waals surface area (Å²) in [7, 11) is 0. The molecule has 2 fully saturated rings. The molecule has 0 bridgehead atoms. The standard InChI is InChI=1S/C19H29N3O4/c23-17(14-22-7-9-24-10-8-22)13-21-5-3-20(4-6-21)12-16-1-2-18-19(11-16)26-15-25-18/h1-2,11,17,23H,3-10,12-15H2/t17-/m1/s1. The van der Waals surface area contributed by atoms with Crippen LogP contribution in [0.2, 0.25) is 0 Å². The van der Waals surface area contributed by atoms with E-state index in [0.29, 0.717) is 6.79 Å². The van der Waals surface area contributed by atoms with Crippen LogP contribution in [0.1, 0.15) is 5.56 Å². The van der Waals surface area contributed by atoms with E-state index < -0.39 is 0 Å². The molecule has 4 rings (SSSR count). The van der Waals surface area contributed by atoms with Gasteiger partial charge in [-0.15, -0.1) is 0 Å². The number of ether oxygens (including phenoxy) is 3. The molecule has 3 aliphatic heterocycles. The molecule has 144 valence electrons. The second kappa shape index (κ2) is 8.54. The molecule has 1 atom stereocenters. The molecular formula is C19H29N3O4. The predicted octanol–water partition coefficient (Wildman–Crippen LogP) is 0.226. The SMILES string of the molecule is O[C@@H](CN1CCOCC1)CN1CCN(Cc2ccc3c(c2)OCO3)CC1. The average Bonchev–Trinajstić information content (AvgIpc) is 3.12. The number of β-amino-alcohol motifs (C(OH)–C–C–N with tert-alkyl or cyclic N) is 1. The van der Waals surface area contributed by atoms with Gasteiger partial charge in [-0.1, -0.05) is 6.07 Å². The molecule has 0 aliphatic carbocycles. The molecule has 0 unspecified atom stereocenters. The summed E-state index contributed by atoms with van der Waals surface area (Å²) < 4.78 is 16.2. The third kappa shape index (κ3) is 4.66. The van der Waals surface area contributed by atoms with E-state index >= 15 is 0 Å². The van der Waals surface area contributed by atoms with E-state index in [-0.39, 0.29) is 6.10 Å². The average molecular weight is 363 g/mol. The monoisotopic (exact) mass is 363 g/mol. The number of nitrogens with zero attached hydrogens (tertiary/aromatic N) is 3. The lowest BCUT2D eigenvalue weighted by Gasteiger charge is -2.36. The molecule has 1 N–H and O–H groups in total. The first-order chi connectivity index (χ1) is 12.8. The lowest BCUT2D eigenvalue weighted by atomic mass is 10.1. The van der Waals surface area contributed by atoms with Gasteiger partial charge in [0.2, 0.25) is 6.79 Å². The Kier molecular flexibility index (Phi) is 5.91. The third-order valence-electron chi connectivity index (χ3n) is 5.35. The molecule has 26 heavy (non-hydrogen) atoms. The molecule has 2 saturated heterocycles. The Hall–Kier alpha value is -1.38. The normalized spacial score (nSPS) is 23.3. The van der Waals surface area contributed by atoms with Crippen molar-refractivity contribution in [3.8, 4) is 11.5 Å². The zero-order chi connectivity index (χ0) is 17.8. The number of rotatable bonds is 6. The lowest BCUT2D eigenvalue weighted by Crippen LogP contribution is -2.50. The van der Waals surface area contributed by atoms with Gasteiger partial charge >= 0.3 is 0 Å². The third-order valence-corrected chi connectivity index (χ3v) is 5.35. The molecule has 0 amide bonds. The van der Waals surface area contributed by atoms with Crippen molar-refractivity contribution in [2.24, 2.45) is 0 Å². The van der Waals surface area contributed by atoms with Crippen molar-refractivity contribution in [3.05, 3.63) is 23.8 Å². The topological polar surface area (TPSA) is 57.6 Å². The minimum Gasteiger partial charge on any atom is -0.454 e. The number of hydrogen-bond acceptors (Lipinski definition) is 7. The van der Waals surface area contributed by atoms with E-state index in [4.69, 9.17) is 14.2 Å². The van der Waals surface area contributed by atoms with Gasteiger partial charge in [0.15, 0.2) is 11.5 Å². The van der Waals surface area contributed by atoms with Gasteiger partial charge in [0.05, 0.1) is 19.3 Å². The Labute approximate surface area is 155 Å². The van der Waals surface area contributed by atoms with Crippen molar-refractivity contribution >= 4 is 0 Å². The molecular weight excluding hydrogens is 334 g/mol. The zero-order valence-corrected chi connectivity index (χ0v) is 15.3. The van der Waals surface area contributed by atoms with Gasteiger partial charge < -0.3 is 19.3 Å².